The lowest BCUT2D eigenvalue weighted by Gasteiger charge is -2.18. The summed E-state index contributed by atoms with van der Waals surface area (Å²) in [7, 11) is -4.90. The van der Waals surface area contributed by atoms with Gasteiger partial charge in [0, 0.05) is 18.5 Å². The second-order valence-corrected chi connectivity index (χ2v) is 9.61. The van der Waals surface area contributed by atoms with Gasteiger partial charge in [0.1, 0.15) is 18.3 Å². The van der Waals surface area contributed by atoms with E-state index in [1.807, 2.05) is 0 Å². The molecule has 4 atom stereocenters. The number of hydrogen-bond acceptors (Lipinski definition) is 8. The van der Waals surface area contributed by atoms with Crippen molar-refractivity contribution in [2.45, 2.75) is 37.3 Å². The Morgan fingerprint density at radius 3 is 2.34 bits per heavy atom. The van der Waals surface area contributed by atoms with E-state index in [0.717, 1.165) is 33.5 Å². The van der Waals surface area contributed by atoms with Crippen LogP contribution >= 0.6 is 7.82 Å². The Labute approximate surface area is 211 Å². The Bertz CT molecular complexity index is 1470. The zero-order chi connectivity index (χ0) is 27.8. The minimum atomic E-state index is -4.90. The third-order valence-corrected chi connectivity index (χ3v) is 6.28. The first-order chi connectivity index (χ1) is 17.7. The SMILES string of the molecule is O=c1ccn([C@@H]2O[C@H](COP(=O)(O)O)[C@H](O)C2O)c(=O)n1Cc1cc(-c2ccc(C(F)(F)F)cc2)ccn1. The van der Waals surface area contributed by atoms with Gasteiger partial charge in [0.15, 0.2) is 6.23 Å². The number of aliphatic hydroxyl groups is 2. The summed E-state index contributed by atoms with van der Waals surface area (Å²) in [5, 5.41) is 20.5. The van der Waals surface area contributed by atoms with Crippen LogP contribution in [-0.2, 0) is 26.5 Å². The highest BCUT2D eigenvalue weighted by molar-refractivity contribution is 7.46. The van der Waals surface area contributed by atoms with Crippen molar-refractivity contribution in [1.29, 1.82) is 0 Å². The molecular weight excluding hydrogens is 538 g/mol. The third kappa shape index (κ3) is 6.10. The summed E-state index contributed by atoms with van der Waals surface area (Å²) in [6.45, 7) is -1.13. The molecule has 3 heterocycles. The van der Waals surface area contributed by atoms with Gasteiger partial charge in [0.2, 0.25) is 0 Å². The topological polar surface area (TPSA) is 173 Å². The smallest absolute Gasteiger partial charge is 0.387 e. The third-order valence-electron chi connectivity index (χ3n) is 5.80. The molecule has 0 radical (unpaired) electrons. The normalized spacial score (nSPS) is 22.1. The van der Waals surface area contributed by atoms with Gasteiger partial charge >= 0.3 is 19.7 Å². The molecule has 0 amide bonds. The summed E-state index contributed by atoms with van der Waals surface area (Å²) in [4.78, 5) is 47.4. The molecule has 38 heavy (non-hydrogen) atoms. The minimum Gasteiger partial charge on any atom is -0.387 e. The largest absolute Gasteiger partial charge is 0.469 e. The fraction of sp³-hybridized carbons (Fsp3) is 0.318. The molecule has 4 N–H and O–H groups in total. The van der Waals surface area contributed by atoms with E-state index in [1.165, 1.54) is 24.4 Å². The fourth-order valence-electron chi connectivity index (χ4n) is 3.90. The van der Waals surface area contributed by atoms with Crippen LogP contribution in [0.1, 0.15) is 17.5 Å². The van der Waals surface area contributed by atoms with Crippen LogP contribution < -0.4 is 11.2 Å². The predicted octanol–water partition coefficient (Wildman–Crippen LogP) is 0.868. The van der Waals surface area contributed by atoms with Gasteiger partial charge in [-0.2, -0.15) is 13.2 Å². The molecule has 0 spiro atoms. The number of rotatable bonds is 7. The van der Waals surface area contributed by atoms with Crippen molar-refractivity contribution in [3.63, 3.8) is 0 Å². The molecule has 16 heteroatoms. The molecule has 1 aromatic carbocycles. The van der Waals surface area contributed by atoms with E-state index in [9.17, 15) is 37.5 Å². The van der Waals surface area contributed by atoms with Crippen molar-refractivity contribution in [3.05, 3.63) is 87.0 Å². The molecule has 2 aromatic heterocycles. The van der Waals surface area contributed by atoms with Crippen molar-refractivity contribution in [2.75, 3.05) is 6.61 Å². The summed E-state index contributed by atoms with van der Waals surface area (Å²) in [5.41, 5.74) is -1.35. The van der Waals surface area contributed by atoms with E-state index in [2.05, 4.69) is 9.51 Å². The van der Waals surface area contributed by atoms with Crippen LogP contribution in [0.2, 0.25) is 0 Å². The minimum absolute atomic E-state index is 0.222. The maximum Gasteiger partial charge on any atom is 0.469 e. The second kappa shape index (κ2) is 10.5. The zero-order valence-electron chi connectivity index (χ0n) is 19.2. The molecule has 1 fully saturated rings. The van der Waals surface area contributed by atoms with E-state index in [0.29, 0.717) is 11.1 Å². The summed E-state index contributed by atoms with van der Waals surface area (Å²) in [5.74, 6) is 0. The lowest BCUT2D eigenvalue weighted by molar-refractivity contribution is -0.137. The van der Waals surface area contributed by atoms with Gasteiger partial charge in [-0.3, -0.25) is 23.4 Å². The molecule has 1 unspecified atom stereocenters. The molecule has 0 aliphatic carbocycles. The average Bonchev–Trinajstić information content (AvgIpc) is 3.13. The molecule has 204 valence electrons. The summed E-state index contributed by atoms with van der Waals surface area (Å²) < 4.78 is 60.8. The molecule has 0 bridgehead atoms. The second-order valence-electron chi connectivity index (χ2n) is 8.37. The molecule has 3 aromatic rings. The Kier molecular flexibility index (Phi) is 7.72. The maximum absolute atomic E-state index is 13.1. The number of phosphoric acid groups is 1. The Morgan fingerprint density at radius 2 is 1.71 bits per heavy atom. The molecule has 12 nitrogen and oxygen atoms in total. The Morgan fingerprint density at radius 1 is 1.03 bits per heavy atom. The molecule has 1 aliphatic heterocycles. The highest BCUT2D eigenvalue weighted by Gasteiger charge is 2.45. The van der Waals surface area contributed by atoms with Crippen molar-refractivity contribution in [2.24, 2.45) is 0 Å². The molecular formula is C22H21F3N3O9P. The monoisotopic (exact) mass is 559 g/mol. The van der Waals surface area contributed by atoms with Crippen LogP contribution in [0.25, 0.3) is 11.1 Å². The van der Waals surface area contributed by atoms with Crippen LogP contribution in [0.3, 0.4) is 0 Å². The van der Waals surface area contributed by atoms with Gasteiger partial charge in [-0.15, -0.1) is 0 Å². The van der Waals surface area contributed by atoms with Crippen LogP contribution in [-0.4, -0.2) is 59.0 Å². The predicted molar refractivity (Wildman–Crippen MR) is 123 cm³/mol. The van der Waals surface area contributed by atoms with E-state index < -0.39 is 62.0 Å². The van der Waals surface area contributed by atoms with Crippen molar-refractivity contribution >= 4 is 7.82 Å². The van der Waals surface area contributed by atoms with E-state index in [1.54, 1.807) is 6.07 Å². The number of halogens is 3. The first-order valence-electron chi connectivity index (χ1n) is 10.9. The van der Waals surface area contributed by atoms with Crippen molar-refractivity contribution < 1.29 is 47.0 Å². The molecule has 1 saturated heterocycles. The lowest BCUT2D eigenvalue weighted by Crippen LogP contribution is -2.43. The maximum atomic E-state index is 13.1. The zero-order valence-corrected chi connectivity index (χ0v) is 20.1. The Hall–Kier alpha value is -3.17. The number of aliphatic hydroxyl groups excluding tert-OH is 2. The number of benzene rings is 1. The quantitative estimate of drug-likeness (QED) is 0.304. The standard InChI is InChI=1S/C22H21F3N3O9P/c23-22(24,25)14-3-1-12(2-4-14)13-5-7-26-15(9-13)10-28-17(29)6-8-27(21(28)32)20-19(31)18(30)16(37-20)11-36-38(33,34)35/h1-9,16,18-20,30-31H,10-11H2,(H2,33,34,35)/t16-,18+,19?,20-/m1/s1. The van der Waals surface area contributed by atoms with E-state index in [4.69, 9.17) is 14.5 Å². The number of phosphoric ester groups is 1. The fourth-order valence-corrected chi connectivity index (χ4v) is 4.24. The van der Waals surface area contributed by atoms with Gasteiger partial charge in [0.25, 0.3) is 5.56 Å². The van der Waals surface area contributed by atoms with Crippen LogP contribution in [0, 0.1) is 0 Å². The average molecular weight is 559 g/mol. The lowest BCUT2D eigenvalue weighted by atomic mass is 10.0. The van der Waals surface area contributed by atoms with Crippen LogP contribution in [0.4, 0.5) is 13.2 Å². The van der Waals surface area contributed by atoms with Gasteiger partial charge in [-0.25, -0.2) is 9.36 Å². The number of nitrogens with zero attached hydrogens (tertiary/aromatic N) is 3. The van der Waals surface area contributed by atoms with Gasteiger partial charge in [0.05, 0.1) is 24.4 Å². The first-order valence-corrected chi connectivity index (χ1v) is 12.4. The number of hydrogen-bond donors (Lipinski definition) is 4. The molecule has 0 saturated carbocycles. The van der Waals surface area contributed by atoms with Crippen LogP contribution in [0.15, 0.2) is 64.4 Å². The van der Waals surface area contributed by atoms with Crippen molar-refractivity contribution in [3.8, 4) is 11.1 Å². The highest BCUT2D eigenvalue weighted by atomic mass is 31.2. The number of pyridine rings is 1. The summed E-state index contributed by atoms with van der Waals surface area (Å²) >= 11 is 0. The van der Waals surface area contributed by atoms with Crippen molar-refractivity contribution in [1.82, 2.24) is 14.1 Å². The van der Waals surface area contributed by atoms with Gasteiger partial charge < -0.3 is 24.7 Å². The number of aromatic nitrogens is 3. The molecule has 4 rings (SSSR count). The summed E-state index contributed by atoms with van der Waals surface area (Å²) in [6, 6.07) is 8.45. The van der Waals surface area contributed by atoms with Gasteiger partial charge in [-0.05, 0) is 35.4 Å². The van der Waals surface area contributed by atoms with Gasteiger partial charge in [-0.1, -0.05) is 12.1 Å². The van der Waals surface area contributed by atoms with E-state index >= 15 is 0 Å². The highest BCUT2D eigenvalue weighted by Crippen LogP contribution is 2.38. The summed E-state index contributed by atoms with van der Waals surface area (Å²) in [6.07, 6.45) is -8.37. The number of ether oxygens (including phenoxy) is 1. The van der Waals surface area contributed by atoms with Crippen LogP contribution in [0.5, 0.6) is 0 Å². The first kappa shape index (κ1) is 27.9. The molecule has 1 aliphatic rings. The Balaban J connectivity index is 1.59. The van der Waals surface area contributed by atoms with E-state index in [-0.39, 0.29) is 12.2 Å². The number of alkyl halides is 3.